The summed E-state index contributed by atoms with van der Waals surface area (Å²) >= 11 is 0. The van der Waals surface area contributed by atoms with Crippen LogP contribution in [0.2, 0.25) is 0 Å². The van der Waals surface area contributed by atoms with E-state index in [1.807, 2.05) is 49.8 Å². The van der Waals surface area contributed by atoms with Crippen LogP contribution in [0, 0.1) is 19.8 Å². The Hall–Kier alpha value is -2.63. The third-order valence-electron chi connectivity index (χ3n) is 4.68. The Balaban J connectivity index is 1.80. The first-order valence-electron chi connectivity index (χ1n) is 8.60. The number of rotatable bonds is 5. The van der Waals surface area contributed by atoms with E-state index in [-0.39, 0.29) is 17.9 Å². The third-order valence-corrected chi connectivity index (χ3v) is 4.68. The van der Waals surface area contributed by atoms with E-state index in [0.29, 0.717) is 6.42 Å². The molecule has 0 aliphatic rings. The zero-order valence-corrected chi connectivity index (χ0v) is 15.4. The van der Waals surface area contributed by atoms with E-state index in [4.69, 9.17) is 0 Å². The summed E-state index contributed by atoms with van der Waals surface area (Å²) in [6, 6.07) is 7.74. The number of nitrogens with zero attached hydrogens (tertiary/aromatic N) is 3. The van der Waals surface area contributed by atoms with Gasteiger partial charge in [0, 0.05) is 18.3 Å². The predicted molar refractivity (Wildman–Crippen MR) is 98.2 cm³/mol. The van der Waals surface area contributed by atoms with Crippen molar-refractivity contribution in [2.24, 2.45) is 13.0 Å². The number of aromatic amines is 1. The second kappa shape index (κ2) is 6.70. The number of hydrogen-bond acceptors (Lipinski definition) is 3. The van der Waals surface area contributed by atoms with Crippen LogP contribution in [-0.4, -0.2) is 25.7 Å². The normalized spacial score (nSPS) is 12.7. The minimum Gasteiger partial charge on any atom is -0.346 e. The van der Waals surface area contributed by atoms with E-state index in [9.17, 15) is 4.79 Å². The average molecular weight is 339 g/mol. The Labute approximate surface area is 147 Å². The van der Waals surface area contributed by atoms with Crippen molar-refractivity contribution in [2.45, 2.75) is 40.2 Å². The maximum atomic E-state index is 12.6. The monoisotopic (exact) mass is 339 g/mol. The van der Waals surface area contributed by atoms with Crippen molar-refractivity contribution in [1.29, 1.82) is 0 Å². The molecule has 1 unspecified atom stereocenters. The Morgan fingerprint density at radius 3 is 2.60 bits per heavy atom. The lowest BCUT2D eigenvalue weighted by atomic mass is 10.0. The summed E-state index contributed by atoms with van der Waals surface area (Å²) in [5.41, 5.74) is 4.82. The number of para-hydroxylation sites is 2. The summed E-state index contributed by atoms with van der Waals surface area (Å²) in [5, 5.41) is 7.52. The largest absolute Gasteiger partial charge is 0.346 e. The van der Waals surface area contributed by atoms with E-state index in [1.165, 1.54) is 0 Å². The fourth-order valence-corrected chi connectivity index (χ4v) is 3.13. The Morgan fingerprint density at radius 1 is 1.28 bits per heavy atom. The van der Waals surface area contributed by atoms with E-state index in [0.717, 1.165) is 33.8 Å². The molecule has 3 rings (SSSR count). The molecule has 2 aromatic heterocycles. The molecule has 6 nitrogen and oxygen atoms in total. The SMILES string of the molecule is Cc1nn(C)c(C)c1CC(=O)NC(c1nc2ccccc2[nH]1)C(C)C. The van der Waals surface area contributed by atoms with Crippen LogP contribution >= 0.6 is 0 Å². The highest BCUT2D eigenvalue weighted by Gasteiger charge is 2.23. The minimum absolute atomic E-state index is 0.0154. The number of aromatic nitrogens is 4. The van der Waals surface area contributed by atoms with Crippen LogP contribution in [-0.2, 0) is 18.3 Å². The number of amides is 1. The number of benzene rings is 1. The minimum atomic E-state index is -0.155. The Morgan fingerprint density at radius 2 is 2.00 bits per heavy atom. The number of H-pyrrole nitrogens is 1. The number of hydrogen-bond donors (Lipinski definition) is 2. The van der Waals surface area contributed by atoms with Gasteiger partial charge in [-0.05, 0) is 31.9 Å². The standard InChI is InChI=1S/C19H25N5O/c1-11(2)18(19-20-15-8-6-7-9-16(15)21-19)22-17(25)10-14-12(3)23-24(5)13(14)4/h6-9,11,18H,10H2,1-5H3,(H,20,21)(H,22,25). The van der Waals surface area contributed by atoms with Gasteiger partial charge in [-0.25, -0.2) is 4.98 Å². The fraction of sp³-hybridized carbons (Fsp3) is 0.421. The van der Waals surface area contributed by atoms with Crippen molar-refractivity contribution in [2.75, 3.05) is 0 Å². The van der Waals surface area contributed by atoms with Crippen LogP contribution in [0.15, 0.2) is 24.3 Å². The summed E-state index contributed by atoms with van der Waals surface area (Å²) in [6.45, 7) is 8.09. The maximum absolute atomic E-state index is 12.6. The quantitative estimate of drug-likeness (QED) is 0.750. The van der Waals surface area contributed by atoms with E-state index in [2.05, 4.69) is 34.2 Å². The summed E-state index contributed by atoms with van der Waals surface area (Å²) in [6.07, 6.45) is 0.328. The molecule has 1 aromatic carbocycles. The topological polar surface area (TPSA) is 75.6 Å². The van der Waals surface area contributed by atoms with Crippen LogP contribution in [0.3, 0.4) is 0 Å². The molecule has 0 radical (unpaired) electrons. The smallest absolute Gasteiger partial charge is 0.225 e. The van der Waals surface area contributed by atoms with Crippen LogP contribution < -0.4 is 5.32 Å². The number of nitrogens with one attached hydrogen (secondary N) is 2. The Bertz CT molecular complexity index is 873. The molecule has 25 heavy (non-hydrogen) atoms. The summed E-state index contributed by atoms with van der Waals surface area (Å²) < 4.78 is 1.82. The number of imidazole rings is 1. The van der Waals surface area contributed by atoms with E-state index in [1.54, 1.807) is 0 Å². The molecule has 3 aromatic rings. The summed E-state index contributed by atoms with van der Waals surface area (Å²) in [7, 11) is 1.90. The van der Waals surface area contributed by atoms with Crippen LogP contribution in [0.5, 0.6) is 0 Å². The molecular formula is C19H25N5O. The molecule has 0 bridgehead atoms. The zero-order chi connectivity index (χ0) is 18.1. The molecule has 1 atom stereocenters. The van der Waals surface area contributed by atoms with Gasteiger partial charge in [-0.15, -0.1) is 0 Å². The first-order valence-corrected chi connectivity index (χ1v) is 8.60. The van der Waals surface area contributed by atoms with Gasteiger partial charge in [0.05, 0.1) is 29.2 Å². The van der Waals surface area contributed by atoms with Crippen LogP contribution in [0.1, 0.15) is 42.7 Å². The lowest BCUT2D eigenvalue weighted by Crippen LogP contribution is -2.33. The van der Waals surface area contributed by atoms with Crippen LogP contribution in [0.4, 0.5) is 0 Å². The van der Waals surface area contributed by atoms with Gasteiger partial charge in [0.15, 0.2) is 0 Å². The predicted octanol–water partition coefficient (Wildman–Crippen LogP) is 2.97. The van der Waals surface area contributed by atoms with Crippen molar-refractivity contribution in [3.63, 3.8) is 0 Å². The molecule has 0 spiro atoms. The first kappa shape index (κ1) is 17.2. The molecule has 0 saturated heterocycles. The first-order chi connectivity index (χ1) is 11.9. The second-order valence-electron chi connectivity index (χ2n) is 6.88. The van der Waals surface area contributed by atoms with Gasteiger partial charge >= 0.3 is 0 Å². The van der Waals surface area contributed by atoms with E-state index < -0.39 is 0 Å². The van der Waals surface area contributed by atoms with Gasteiger partial charge in [-0.3, -0.25) is 9.48 Å². The van der Waals surface area contributed by atoms with Crippen molar-refractivity contribution < 1.29 is 4.79 Å². The highest BCUT2D eigenvalue weighted by Crippen LogP contribution is 2.22. The molecular weight excluding hydrogens is 314 g/mol. The lowest BCUT2D eigenvalue weighted by Gasteiger charge is -2.20. The fourth-order valence-electron chi connectivity index (χ4n) is 3.13. The number of carbonyl (C=O) groups is 1. The molecule has 6 heteroatoms. The molecule has 0 aliphatic heterocycles. The highest BCUT2D eigenvalue weighted by atomic mass is 16.1. The molecule has 0 aliphatic carbocycles. The van der Waals surface area contributed by atoms with Crippen molar-refractivity contribution in [3.8, 4) is 0 Å². The van der Waals surface area contributed by atoms with E-state index >= 15 is 0 Å². The molecule has 2 heterocycles. The number of carbonyl (C=O) groups excluding carboxylic acids is 1. The van der Waals surface area contributed by atoms with Gasteiger partial charge in [-0.2, -0.15) is 5.10 Å². The van der Waals surface area contributed by atoms with Gasteiger partial charge in [0.2, 0.25) is 5.91 Å². The molecule has 1 amide bonds. The lowest BCUT2D eigenvalue weighted by molar-refractivity contribution is -0.121. The van der Waals surface area contributed by atoms with Gasteiger partial charge < -0.3 is 10.3 Å². The maximum Gasteiger partial charge on any atom is 0.225 e. The van der Waals surface area contributed by atoms with Gasteiger partial charge in [0.25, 0.3) is 0 Å². The molecule has 132 valence electrons. The number of aryl methyl sites for hydroxylation is 2. The molecule has 0 fully saturated rings. The van der Waals surface area contributed by atoms with Crippen molar-refractivity contribution in [1.82, 2.24) is 25.1 Å². The zero-order valence-electron chi connectivity index (χ0n) is 15.4. The molecule has 2 N–H and O–H groups in total. The average Bonchev–Trinajstić information content (AvgIpc) is 3.08. The van der Waals surface area contributed by atoms with Crippen molar-refractivity contribution >= 4 is 16.9 Å². The second-order valence-corrected chi connectivity index (χ2v) is 6.88. The summed E-state index contributed by atoms with van der Waals surface area (Å²) in [4.78, 5) is 20.6. The van der Waals surface area contributed by atoms with Crippen molar-refractivity contribution in [3.05, 3.63) is 47.0 Å². The Kier molecular flexibility index (Phi) is 4.61. The van der Waals surface area contributed by atoms with Crippen LogP contribution in [0.25, 0.3) is 11.0 Å². The molecule has 0 saturated carbocycles. The summed E-state index contributed by atoms with van der Waals surface area (Å²) in [5.74, 6) is 1.00. The van der Waals surface area contributed by atoms with Gasteiger partial charge in [-0.1, -0.05) is 26.0 Å². The third kappa shape index (κ3) is 3.43. The number of fused-ring (bicyclic) bond motifs is 1. The van der Waals surface area contributed by atoms with Gasteiger partial charge in [0.1, 0.15) is 5.82 Å². The highest BCUT2D eigenvalue weighted by molar-refractivity contribution is 5.80.